The molecule has 23 heavy (non-hydrogen) atoms. The van der Waals surface area contributed by atoms with E-state index in [1.807, 2.05) is 17.0 Å². The van der Waals surface area contributed by atoms with Crippen LogP contribution in [0.4, 0.5) is 0 Å². The SMILES string of the molecule is CC(=O)c1cccc(OCC(=O)N2CCc3ccccc3C2)c1. The Morgan fingerprint density at radius 2 is 1.87 bits per heavy atom. The molecule has 0 N–H and O–H groups in total. The lowest BCUT2D eigenvalue weighted by molar-refractivity contribution is -0.134. The molecule has 118 valence electrons. The van der Waals surface area contributed by atoms with Crippen LogP contribution >= 0.6 is 0 Å². The normalized spacial score (nSPS) is 13.3. The Labute approximate surface area is 135 Å². The smallest absolute Gasteiger partial charge is 0.260 e. The molecule has 1 aliphatic heterocycles. The number of rotatable bonds is 4. The van der Waals surface area contributed by atoms with E-state index in [-0.39, 0.29) is 18.3 Å². The van der Waals surface area contributed by atoms with Crippen molar-refractivity contribution in [1.82, 2.24) is 4.90 Å². The first-order valence-corrected chi connectivity index (χ1v) is 7.72. The van der Waals surface area contributed by atoms with E-state index in [1.165, 1.54) is 18.1 Å². The van der Waals surface area contributed by atoms with Crippen LogP contribution in [-0.4, -0.2) is 29.7 Å². The Morgan fingerprint density at radius 3 is 2.65 bits per heavy atom. The lowest BCUT2D eigenvalue weighted by atomic mass is 10.00. The zero-order chi connectivity index (χ0) is 16.2. The summed E-state index contributed by atoms with van der Waals surface area (Å²) < 4.78 is 5.56. The van der Waals surface area contributed by atoms with Crippen molar-refractivity contribution in [2.45, 2.75) is 19.9 Å². The fourth-order valence-corrected chi connectivity index (χ4v) is 2.75. The summed E-state index contributed by atoms with van der Waals surface area (Å²) in [4.78, 5) is 25.5. The molecule has 4 heteroatoms. The van der Waals surface area contributed by atoms with Crippen LogP contribution in [0.3, 0.4) is 0 Å². The number of carbonyl (C=O) groups is 2. The van der Waals surface area contributed by atoms with Crippen molar-refractivity contribution >= 4 is 11.7 Å². The largest absolute Gasteiger partial charge is 0.484 e. The summed E-state index contributed by atoms with van der Waals surface area (Å²) in [7, 11) is 0. The number of ether oxygens (including phenoxy) is 1. The number of amides is 1. The van der Waals surface area contributed by atoms with Crippen molar-refractivity contribution in [3.63, 3.8) is 0 Å². The molecule has 0 saturated carbocycles. The van der Waals surface area contributed by atoms with Crippen LogP contribution in [0.15, 0.2) is 48.5 Å². The van der Waals surface area contributed by atoms with E-state index in [4.69, 9.17) is 4.74 Å². The molecule has 4 nitrogen and oxygen atoms in total. The molecule has 0 atom stereocenters. The molecule has 1 aliphatic rings. The van der Waals surface area contributed by atoms with Crippen LogP contribution in [-0.2, 0) is 17.8 Å². The number of ketones is 1. The third-order valence-electron chi connectivity index (χ3n) is 4.09. The van der Waals surface area contributed by atoms with Gasteiger partial charge in [0.05, 0.1) is 0 Å². The first-order valence-electron chi connectivity index (χ1n) is 7.72. The van der Waals surface area contributed by atoms with Gasteiger partial charge in [0.15, 0.2) is 12.4 Å². The summed E-state index contributed by atoms with van der Waals surface area (Å²) in [6.07, 6.45) is 0.877. The summed E-state index contributed by atoms with van der Waals surface area (Å²) in [6, 6.07) is 15.1. The van der Waals surface area contributed by atoms with Crippen molar-refractivity contribution in [1.29, 1.82) is 0 Å². The number of hydrogen-bond donors (Lipinski definition) is 0. The van der Waals surface area contributed by atoms with Crippen LogP contribution < -0.4 is 4.74 Å². The van der Waals surface area contributed by atoms with E-state index < -0.39 is 0 Å². The number of fused-ring (bicyclic) bond motifs is 1. The molecule has 3 rings (SSSR count). The van der Waals surface area contributed by atoms with Gasteiger partial charge < -0.3 is 9.64 Å². The highest BCUT2D eigenvalue weighted by Crippen LogP contribution is 2.19. The van der Waals surface area contributed by atoms with Crippen LogP contribution in [0, 0.1) is 0 Å². The third kappa shape index (κ3) is 3.59. The van der Waals surface area contributed by atoms with Gasteiger partial charge in [-0.15, -0.1) is 0 Å². The van der Waals surface area contributed by atoms with Gasteiger partial charge in [0.1, 0.15) is 5.75 Å². The second kappa shape index (κ2) is 6.65. The maximum Gasteiger partial charge on any atom is 0.260 e. The van der Waals surface area contributed by atoms with Crippen molar-refractivity contribution in [2.75, 3.05) is 13.2 Å². The Morgan fingerprint density at radius 1 is 1.09 bits per heavy atom. The molecule has 0 saturated heterocycles. The molecule has 0 aromatic heterocycles. The van der Waals surface area contributed by atoms with Gasteiger partial charge in [0.2, 0.25) is 0 Å². The number of benzene rings is 2. The summed E-state index contributed by atoms with van der Waals surface area (Å²) in [5, 5.41) is 0. The average Bonchev–Trinajstić information content (AvgIpc) is 2.59. The fraction of sp³-hybridized carbons (Fsp3) is 0.263. The van der Waals surface area contributed by atoms with Gasteiger partial charge in [-0.1, -0.05) is 36.4 Å². The molecule has 2 aromatic rings. The van der Waals surface area contributed by atoms with Gasteiger partial charge in [-0.3, -0.25) is 9.59 Å². The van der Waals surface area contributed by atoms with E-state index in [1.54, 1.807) is 24.3 Å². The van der Waals surface area contributed by atoms with Crippen LogP contribution in [0.1, 0.15) is 28.4 Å². The Balaban J connectivity index is 1.60. The standard InChI is InChI=1S/C19H19NO3/c1-14(21)16-7-4-8-18(11-16)23-13-19(22)20-10-9-15-5-2-3-6-17(15)12-20/h2-8,11H,9-10,12-13H2,1H3. The van der Waals surface area contributed by atoms with E-state index >= 15 is 0 Å². The minimum absolute atomic E-state index is 0.0104. The van der Waals surface area contributed by atoms with Crippen molar-refractivity contribution < 1.29 is 14.3 Å². The zero-order valence-corrected chi connectivity index (χ0v) is 13.1. The van der Waals surface area contributed by atoms with Crippen LogP contribution in [0.5, 0.6) is 5.75 Å². The minimum atomic E-state index is -0.0345. The average molecular weight is 309 g/mol. The molecule has 1 amide bonds. The summed E-state index contributed by atoms with van der Waals surface area (Å²) >= 11 is 0. The summed E-state index contributed by atoms with van der Waals surface area (Å²) in [5.41, 5.74) is 3.10. The molecule has 0 unspecified atom stereocenters. The molecule has 0 fully saturated rings. The highest BCUT2D eigenvalue weighted by Gasteiger charge is 2.20. The maximum absolute atomic E-state index is 12.3. The molecule has 0 aliphatic carbocycles. The topological polar surface area (TPSA) is 46.6 Å². The zero-order valence-electron chi connectivity index (χ0n) is 13.1. The summed E-state index contributed by atoms with van der Waals surface area (Å²) in [6.45, 7) is 2.84. The molecule has 0 radical (unpaired) electrons. The van der Waals surface area contributed by atoms with Gasteiger partial charge in [0.25, 0.3) is 5.91 Å². The van der Waals surface area contributed by atoms with E-state index in [2.05, 4.69) is 12.1 Å². The lowest BCUT2D eigenvalue weighted by Crippen LogP contribution is -2.38. The first kappa shape index (κ1) is 15.3. The Hall–Kier alpha value is -2.62. The number of Topliss-reactive ketones (excluding diaryl/α,β-unsaturated/α-hetero) is 1. The lowest BCUT2D eigenvalue weighted by Gasteiger charge is -2.28. The highest BCUT2D eigenvalue weighted by atomic mass is 16.5. The monoisotopic (exact) mass is 309 g/mol. The van der Waals surface area contributed by atoms with Gasteiger partial charge in [-0.25, -0.2) is 0 Å². The van der Waals surface area contributed by atoms with Gasteiger partial charge in [0, 0.05) is 18.7 Å². The van der Waals surface area contributed by atoms with Crippen molar-refractivity contribution in [2.24, 2.45) is 0 Å². The summed E-state index contributed by atoms with van der Waals surface area (Å²) in [5.74, 6) is 0.491. The van der Waals surface area contributed by atoms with Gasteiger partial charge in [-0.2, -0.15) is 0 Å². The maximum atomic E-state index is 12.3. The van der Waals surface area contributed by atoms with E-state index in [0.29, 0.717) is 24.4 Å². The molecule has 0 spiro atoms. The van der Waals surface area contributed by atoms with E-state index in [0.717, 1.165) is 6.42 Å². The van der Waals surface area contributed by atoms with E-state index in [9.17, 15) is 9.59 Å². The highest BCUT2D eigenvalue weighted by molar-refractivity contribution is 5.94. The number of hydrogen-bond acceptors (Lipinski definition) is 3. The molecule has 2 aromatic carbocycles. The molecular formula is C19H19NO3. The quantitative estimate of drug-likeness (QED) is 0.816. The minimum Gasteiger partial charge on any atom is -0.484 e. The predicted octanol–water partition coefficient (Wildman–Crippen LogP) is 2.85. The third-order valence-corrected chi connectivity index (χ3v) is 4.09. The van der Waals surface area contributed by atoms with Crippen LogP contribution in [0.2, 0.25) is 0 Å². The Kier molecular flexibility index (Phi) is 4.42. The van der Waals surface area contributed by atoms with Gasteiger partial charge >= 0.3 is 0 Å². The number of nitrogens with zero attached hydrogens (tertiary/aromatic N) is 1. The Bertz CT molecular complexity index is 739. The van der Waals surface area contributed by atoms with Crippen molar-refractivity contribution in [3.05, 3.63) is 65.2 Å². The molecule has 0 bridgehead atoms. The molecular weight excluding hydrogens is 290 g/mol. The van der Waals surface area contributed by atoms with Gasteiger partial charge in [-0.05, 0) is 36.6 Å². The van der Waals surface area contributed by atoms with Crippen molar-refractivity contribution in [3.8, 4) is 5.75 Å². The predicted molar refractivity (Wildman–Crippen MR) is 87.5 cm³/mol. The van der Waals surface area contributed by atoms with Crippen LogP contribution in [0.25, 0.3) is 0 Å². The first-order chi connectivity index (χ1) is 11.1. The fourth-order valence-electron chi connectivity index (χ4n) is 2.75. The second-order valence-corrected chi connectivity index (χ2v) is 5.71. The molecule has 1 heterocycles. The second-order valence-electron chi connectivity index (χ2n) is 5.71. The number of carbonyl (C=O) groups excluding carboxylic acids is 2.